The van der Waals surface area contributed by atoms with Crippen molar-refractivity contribution < 1.29 is 52.4 Å². The lowest BCUT2D eigenvalue weighted by atomic mass is 9.83. The lowest BCUT2D eigenvalue weighted by Gasteiger charge is -2.49. The number of fused-ring (bicyclic) bond motifs is 2. The van der Waals surface area contributed by atoms with Crippen molar-refractivity contribution in [2.45, 2.75) is 77.7 Å². The third-order valence-electron chi connectivity index (χ3n) is 7.33. The lowest BCUT2D eigenvalue weighted by Crippen LogP contribution is -2.68. The van der Waals surface area contributed by atoms with Crippen molar-refractivity contribution in [3.63, 3.8) is 0 Å². The first-order chi connectivity index (χ1) is 21.3. The van der Waals surface area contributed by atoms with Crippen LogP contribution >= 0.6 is 11.6 Å². The summed E-state index contributed by atoms with van der Waals surface area (Å²) in [6, 6.07) is 12.8. The number of oxime groups is 1. The van der Waals surface area contributed by atoms with Crippen LogP contribution < -0.4 is 0 Å². The van der Waals surface area contributed by atoms with Crippen molar-refractivity contribution in [3.8, 4) is 0 Å². The van der Waals surface area contributed by atoms with Crippen molar-refractivity contribution >= 4 is 41.2 Å². The summed E-state index contributed by atoms with van der Waals surface area (Å²) in [6.45, 7) is 8.20. The third kappa shape index (κ3) is 7.46. The quantitative estimate of drug-likeness (QED) is 0.151. The summed E-state index contributed by atoms with van der Waals surface area (Å²) in [6.07, 6.45) is -3.78. The summed E-state index contributed by atoms with van der Waals surface area (Å²) in [5.74, 6) is -4.70. The maximum atomic E-state index is 12.4. The first kappa shape index (κ1) is 33.9. The van der Waals surface area contributed by atoms with Crippen LogP contribution in [-0.4, -0.2) is 73.3 Å². The standard InChI is InChI=1S/C32H36ClNO11/c1-7-41-34-18(2)24-10-8-23(9-11-24)14-25-15-26(12-13-27(25)33)32-30(44-22(6)38)28(42-20(4)36)29(43-21(5)37)31(45-32,17-40-32)16-39-19(3)35/h8-13,15,28-30H,7,14,16-17H2,1-6H3/t28-,29-,30+,31?,32-/m0/s1. The highest BCUT2D eigenvalue weighted by Crippen LogP contribution is 2.53. The van der Waals surface area contributed by atoms with Gasteiger partial charge in [-0.25, -0.2) is 0 Å². The zero-order valence-electron chi connectivity index (χ0n) is 25.9. The first-order valence-electron chi connectivity index (χ1n) is 14.3. The van der Waals surface area contributed by atoms with E-state index in [2.05, 4.69) is 5.16 Å². The SMILES string of the molecule is CCON=C(C)c1ccc(Cc2cc([C@]34OCC(COC(C)=O)(O3)[C@@H](OC(C)=O)[C@H](OC(C)=O)[C@H]4OC(C)=O)ccc2Cl)cc1. The monoisotopic (exact) mass is 645 g/mol. The fraction of sp³-hybridized carbons (Fsp3) is 0.469. The number of halogens is 1. The molecule has 0 aromatic heterocycles. The van der Waals surface area contributed by atoms with E-state index in [9.17, 15) is 19.2 Å². The van der Waals surface area contributed by atoms with Crippen LogP contribution in [0.25, 0.3) is 0 Å². The number of carbonyl (C=O) groups is 4. The molecule has 0 N–H and O–H groups in total. The molecule has 45 heavy (non-hydrogen) atoms. The molecule has 0 aliphatic carbocycles. The van der Waals surface area contributed by atoms with Crippen LogP contribution in [0.1, 0.15) is 63.8 Å². The van der Waals surface area contributed by atoms with E-state index in [1.165, 1.54) is 13.8 Å². The van der Waals surface area contributed by atoms with Gasteiger partial charge in [-0.2, -0.15) is 0 Å². The molecule has 12 nitrogen and oxygen atoms in total. The number of nitrogens with zero attached hydrogens (tertiary/aromatic N) is 1. The van der Waals surface area contributed by atoms with Gasteiger partial charge in [0.15, 0.2) is 17.8 Å². The molecule has 0 radical (unpaired) electrons. The number of benzene rings is 2. The normalized spacial score (nSPS) is 25.7. The second-order valence-corrected chi connectivity index (χ2v) is 11.2. The van der Waals surface area contributed by atoms with Crippen molar-refractivity contribution in [1.29, 1.82) is 0 Å². The molecule has 4 rings (SSSR count). The maximum Gasteiger partial charge on any atom is 0.303 e. The van der Waals surface area contributed by atoms with Crippen molar-refractivity contribution in [2.75, 3.05) is 19.8 Å². The predicted molar refractivity (Wildman–Crippen MR) is 159 cm³/mol. The minimum Gasteiger partial charge on any atom is -0.463 e. The predicted octanol–water partition coefficient (Wildman–Crippen LogP) is 4.00. The Labute approximate surface area is 265 Å². The van der Waals surface area contributed by atoms with Crippen LogP contribution in [0.3, 0.4) is 0 Å². The molecule has 2 fully saturated rings. The molecule has 2 aromatic rings. The topological polar surface area (TPSA) is 145 Å². The highest BCUT2D eigenvalue weighted by Gasteiger charge is 2.72. The highest BCUT2D eigenvalue weighted by atomic mass is 35.5. The summed E-state index contributed by atoms with van der Waals surface area (Å²) in [7, 11) is 0. The molecule has 2 aromatic carbocycles. The molecule has 242 valence electrons. The second kappa shape index (κ2) is 14.0. The van der Waals surface area contributed by atoms with Crippen molar-refractivity contribution in [1.82, 2.24) is 0 Å². The molecular weight excluding hydrogens is 610 g/mol. The molecule has 0 spiro atoms. The van der Waals surface area contributed by atoms with Crippen LogP contribution in [0, 0.1) is 0 Å². The van der Waals surface area contributed by atoms with Gasteiger partial charge < -0.3 is 33.3 Å². The number of carbonyl (C=O) groups excluding carboxylic acids is 4. The van der Waals surface area contributed by atoms with Gasteiger partial charge in [0.1, 0.15) is 13.2 Å². The zero-order chi connectivity index (χ0) is 32.9. The van der Waals surface area contributed by atoms with E-state index in [1.54, 1.807) is 18.2 Å². The van der Waals surface area contributed by atoms with Gasteiger partial charge in [-0.3, -0.25) is 19.2 Å². The zero-order valence-corrected chi connectivity index (χ0v) is 26.7. The number of ether oxygens (including phenoxy) is 6. The lowest BCUT2D eigenvalue weighted by molar-refractivity contribution is -0.334. The Bertz CT molecular complexity index is 1480. The third-order valence-corrected chi connectivity index (χ3v) is 7.70. The van der Waals surface area contributed by atoms with Gasteiger partial charge in [-0.05, 0) is 49.1 Å². The summed E-state index contributed by atoms with van der Waals surface area (Å²) in [5, 5.41) is 4.52. The Morgan fingerprint density at radius 1 is 0.889 bits per heavy atom. The molecule has 1 unspecified atom stereocenters. The molecule has 0 saturated carbocycles. The Morgan fingerprint density at radius 3 is 2.13 bits per heavy atom. The first-order valence-corrected chi connectivity index (χ1v) is 14.7. The summed E-state index contributed by atoms with van der Waals surface area (Å²) < 4.78 is 35.1. The molecule has 2 aliphatic rings. The van der Waals surface area contributed by atoms with Crippen molar-refractivity contribution in [3.05, 3.63) is 69.7 Å². The van der Waals surface area contributed by atoms with Gasteiger partial charge in [0.2, 0.25) is 11.9 Å². The molecule has 2 heterocycles. The number of esters is 4. The average molecular weight is 646 g/mol. The average Bonchev–Trinajstić information content (AvgIpc) is 3.34. The molecule has 13 heteroatoms. The molecular formula is C32H36ClNO11. The van der Waals surface area contributed by atoms with E-state index < -0.39 is 60.2 Å². The van der Waals surface area contributed by atoms with Gasteiger partial charge in [-0.1, -0.05) is 47.1 Å². The number of rotatable bonds is 11. The smallest absolute Gasteiger partial charge is 0.303 e. The Morgan fingerprint density at radius 2 is 1.53 bits per heavy atom. The second-order valence-electron chi connectivity index (χ2n) is 10.8. The number of hydrogen-bond acceptors (Lipinski definition) is 12. The summed E-state index contributed by atoms with van der Waals surface area (Å²) in [5.41, 5.74) is 2.02. The van der Waals surface area contributed by atoms with E-state index in [1.807, 2.05) is 38.1 Å². The Balaban J connectivity index is 1.79. The van der Waals surface area contributed by atoms with Gasteiger partial charge in [0.25, 0.3) is 0 Å². The minimum atomic E-state index is -1.86. The van der Waals surface area contributed by atoms with Crippen LogP contribution in [-0.2, 0) is 64.6 Å². The Hall–Kier alpha value is -4.00. The molecule has 2 aliphatic heterocycles. The van der Waals surface area contributed by atoms with E-state index in [-0.39, 0.29) is 6.61 Å². The van der Waals surface area contributed by atoms with Gasteiger partial charge >= 0.3 is 23.9 Å². The van der Waals surface area contributed by atoms with Crippen molar-refractivity contribution in [2.24, 2.45) is 5.16 Å². The van der Waals surface area contributed by atoms with E-state index in [0.29, 0.717) is 29.2 Å². The largest absolute Gasteiger partial charge is 0.463 e. The number of hydrogen-bond donors (Lipinski definition) is 0. The molecule has 5 atom stereocenters. The van der Waals surface area contributed by atoms with E-state index in [0.717, 1.165) is 30.7 Å². The van der Waals surface area contributed by atoms with Crippen LogP contribution in [0.15, 0.2) is 47.6 Å². The van der Waals surface area contributed by atoms with E-state index >= 15 is 0 Å². The fourth-order valence-electron chi connectivity index (χ4n) is 5.45. The summed E-state index contributed by atoms with van der Waals surface area (Å²) >= 11 is 6.65. The Kier molecular flexibility index (Phi) is 10.5. The van der Waals surface area contributed by atoms with Gasteiger partial charge in [0, 0.05) is 38.3 Å². The molecule has 2 bridgehead atoms. The molecule has 2 saturated heterocycles. The highest BCUT2D eigenvalue weighted by molar-refractivity contribution is 6.31. The summed E-state index contributed by atoms with van der Waals surface area (Å²) in [4.78, 5) is 54.0. The van der Waals surface area contributed by atoms with Crippen LogP contribution in [0.2, 0.25) is 5.02 Å². The molecule has 0 amide bonds. The van der Waals surface area contributed by atoms with Crippen LogP contribution in [0.4, 0.5) is 0 Å². The van der Waals surface area contributed by atoms with Gasteiger partial charge in [0.05, 0.1) is 12.3 Å². The fourth-order valence-corrected chi connectivity index (χ4v) is 5.63. The maximum absolute atomic E-state index is 12.4. The minimum absolute atomic E-state index is 0.268. The van der Waals surface area contributed by atoms with Crippen LogP contribution in [0.5, 0.6) is 0 Å². The van der Waals surface area contributed by atoms with E-state index in [4.69, 9.17) is 44.9 Å². The van der Waals surface area contributed by atoms with Gasteiger partial charge in [-0.15, -0.1) is 0 Å².